The van der Waals surface area contributed by atoms with Crippen LogP contribution < -0.4 is 19.7 Å². The second-order valence-electron chi connectivity index (χ2n) is 8.77. The molecule has 2 aromatic carbocycles. The number of aromatic nitrogens is 2. The molecule has 3 aromatic rings. The molecule has 2 fully saturated rings. The summed E-state index contributed by atoms with van der Waals surface area (Å²) in [4.78, 5) is 26.7. The Bertz CT molecular complexity index is 1180. The first-order valence-corrected chi connectivity index (χ1v) is 12.0. The Morgan fingerprint density at radius 2 is 1.66 bits per heavy atom. The average molecular weight is 478 g/mol. The number of carbonyl (C=O) groups excluding carboxylic acids is 1. The van der Waals surface area contributed by atoms with Crippen molar-refractivity contribution >= 4 is 28.6 Å². The maximum Gasteiger partial charge on any atom is 0.253 e. The minimum atomic E-state index is 0.0861. The maximum absolute atomic E-state index is 12.8. The normalized spacial score (nSPS) is 16.9. The van der Waals surface area contributed by atoms with Gasteiger partial charge in [0.15, 0.2) is 11.5 Å². The van der Waals surface area contributed by atoms with Crippen molar-refractivity contribution in [3.63, 3.8) is 0 Å². The summed E-state index contributed by atoms with van der Waals surface area (Å²) in [6.45, 7) is 4.20. The highest BCUT2D eigenvalue weighted by molar-refractivity contribution is 5.94. The van der Waals surface area contributed by atoms with Gasteiger partial charge in [-0.15, -0.1) is 0 Å². The largest absolute Gasteiger partial charge is 0.493 e. The van der Waals surface area contributed by atoms with Gasteiger partial charge in [0.05, 0.1) is 33.0 Å². The standard InChI is InChI=1S/C26H31N5O4/c1-33-22-16-20-21(17-23(22)34-2)28-26(31-12-14-35-15-13-31)29-24(20)27-19-8-10-30(11-9-19)25(32)18-6-4-3-5-7-18/h3-7,16-17,19H,8-15H2,1-2H3,(H,27,28,29). The number of methoxy groups -OCH3 is 2. The van der Waals surface area contributed by atoms with E-state index in [1.165, 1.54) is 0 Å². The lowest BCUT2D eigenvalue weighted by Crippen LogP contribution is -2.42. The van der Waals surface area contributed by atoms with Crippen LogP contribution in [-0.2, 0) is 4.74 Å². The van der Waals surface area contributed by atoms with Crippen LogP contribution >= 0.6 is 0 Å². The van der Waals surface area contributed by atoms with Gasteiger partial charge in [-0.05, 0) is 31.0 Å². The molecule has 9 heteroatoms. The highest BCUT2D eigenvalue weighted by atomic mass is 16.5. The number of nitrogens with one attached hydrogen (secondary N) is 1. The van der Waals surface area contributed by atoms with Crippen LogP contribution in [0.3, 0.4) is 0 Å². The first kappa shape index (κ1) is 23.2. The minimum absolute atomic E-state index is 0.0861. The molecule has 3 heterocycles. The lowest BCUT2D eigenvalue weighted by atomic mass is 10.0. The van der Waals surface area contributed by atoms with E-state index in [1.54, 1.807) is 14.2 Å². The molecular formula is C26H31N5O4. The van der Waals surface area contributed by atoms with E-state index in [0.29, 0.717) is 43.8 Å². The fourth-order valence-corrected chi connectivity index (χ4v) is 4.64. The highest BCUT2D eigenvalue weighted by Crippen LogP contribution is 2.35. The van der Waals surface area contributed by atoms with E-state index in [-0.39, 0.29) is 11.9 Å². The van der Waals surface area contributed by atoms with Gasteiger partial charge < -0.3 is 29.3 Å². The first-order valence-electron chi connectivity index (χ1n) is 12.0. The number of carbonyl (C=O) groups is 1. The lowest BCUT2D eigenvalue weighted by Gasteiger charge is -2.33. The molecule has 0 unspecified atom stereocenters. The van der Waals surface area contributed by atoms with Gasteiger partial charge in [0.2, 0.25) is 5.95 Å². The summed E-state index contributed by atoms with van der Waals surface area (Å²) in [7, 11) is 3.25. The summed E-state index contributed by atoms with van der Waals surface area (Å²) in [5, 5.41) is 4.53. The van der Waals surface area contributed by atoms with Gasteiger partial charge in [-0.25, -0.2) is 4.98 Å². The number of hydrogen-bond donors (Lipinski definition) is 1. The van der Waals surface area contributed by atoms with Crippen molar-refractivity contribution in [1.29, 1.82) is 0 Å². The second kappa shape index (κ2) is 10.4. The summed E-state index contributed by atoms with van der Waals surface area (Å²) in [6, 6.07) is 13.5. The fourth-order valence-electron chi connectivity index (χ4n) is 4.64. The number of amides is 1. The number of nitrogens with zero attached hydrogens (tertiary/aromatic N) is 4. The van der Waals surface area contributed by atoms with E-state index in [0.717, 1.165) is 48.2 Å². The van der Waals surface area contributed by atoms with Gasteiger partial charge in [-0.1, -0.05) is 18.2 Å². The van der Waals surface area contributed by atoms with Crippen LogP contribution in [0.15, 0.2) is 42.5 Å². The Labute approximate surface area is 205 Å². The Kier molecular flexibility index (Phi) is 6.85. The zero-order chi connectivity index (χ0) is 24.2. The van der Waals surface area contributed by atoms with Gasteiger partial charge in [-0.2, -0.15) is 4.98 Å². The molecule has 0 spiro atoms. The van der Waals surface area contributed by atoms with Crippen LogP contribution in [0, 0.1) is 0 Å². The number of rotatable bonds is 6. The molecule has 1 N–H and O–H groups in total. The summed E-state index contributed by atoms with van der Waals surface area (Å²) in [5.41, 5.74) is 1.52. The Morgan fingerprint density at radius 3 is 2.34 bits per heavy atom. The van der Waals surface area contributed by atoms with Crippen molar-refractivity contribution in [3.8, 4) is 11.5 Å². The zero-order valence-corrected chi connectivity index (χ0v) is 20.2. The number of hydrogen-bond acceptors (Lipinski definition) is 8. The van der Waals surface area contributed by atoms with Crippen LogP contribution in [-0.4, -0.2) is 80.4 Å². The molecule has 2 saturated heterocycles. The van der Waals surface area contributed by atoms with Gasteiger partial charge in [0.1, 0.15) is 5.82 Å². The van der Waals surface area contributed by atoms with Crippen LogP contribution in [0.4, 0.5) is 11.8 Å². The van der Waals surface area contributed by atoms with Crippen LogP contribution in [0.1, 0.15) is 23.2 Å². The molecule has 0 saturated carbocycles. The van der Waals surface area contributed by atoms with E-state index in [4.69, 9.17) is 24.2 Å². The highest BCUT2D eigenvalue weighted by Gasteiger charge is 2.25. The Hall–Kier alpha value is -3.59. The SMILES string of the molecule is COc1cc2nc(N3CCOCC3)nc(NC3CCN(C(=O)c4ccccc4)CC3)c2cc1OC. The zero-order valence-electron chi connectivity index (χ0n) is 20.2. The summed E-state index contributed by atoms with van der Waals surface area (Å²) in [5.74, 6) is 2.79. The van der Waals surface area contributed by atoms with E-state index in [2.05, 4.69) is 10.2 Å². The van der Waals surface area contributed by atoms with E-state index in [1.807, 2.05) is 47.4 Å². The van der Waals surface area contributed by atoms with Crippen molar-refractivity contribution in [3.05, 3.63) is 48.0 Å². The van der Waals surface area contributed by atoms with E-state index >= 15 is 0 Å². The smallest absolute Gasteiger partial charge is 0.253 e. The number of morpholine rings is 1. The molecule has 2 aliphatic rings. The molecule has 9 nitrogen and oxygen atoms in total. The van der Waals surface area contributed by atoms with Crippen molar-refractivity contribution in [2.24, 2.45) is 0 Å². The third-order valence-electron chi connectivity index (χ3n) is 6.63. The maximum atomic E-state index is 12.8. The van der Waals surface area contributed by atoms with Crippen LogP contribution in [0.2, 0.25) is 0 Å². The van der Waals surface area contributed by atoms with Crippen LogP contribution in [0.25, 0.3) is 10.9 Å². The molecule has 0 radical (unpaired) electrons. The fraction of sp³-hybridized carbons (Fsp3) is 0.423. The molecule has 1 aromatic heterocycles. The quantitative estimate of drug-likeness (QED) is 0.579. The Balaban J connectivity index is 1.39. The molecule has 0 aliphatic carbocycles. The monoisotopic (exact) mass is 477 g/mol. The van der Waals surface area contributed by atoms with Crippen molar-refractivity contribution in [2.75, 3.05) is 63.8 Å². The summed E-state index contributed by atoms with van der Waals surface area (Å²) >= 11 is 0. The third kappa shape index (κ3) is 4.95. The van der Waals surface area contributed by atoms with E-state index in [9.17, 15) is 4.79 Å². The van der Waals surface area contributed by atoms with Gasteiger partial charge in [0, 0.05) is 49.2 Å². The minimum Gasteiger partial charge on any atom is -0.493 e. The number of benzene rings is 2. The average Bonchev–Trinajstić information content (AvgIpc) is 2.93. The molecule has 1 amide bonds. The molecule has 0 bridgehead atoms. The van der Waals surface area contributed by atoms with Crippen molar-refractivity contribution in [1.82, 2.24) is 14.9 Å². The van der Waals surface area contributed by atoms with Gasteiger partial charge in [0.25, 0.3) is 5.91 Å². The molecule has 5 rings (SSSR count). The van der Waals surface area contributed by atoms with Gasteiger partial charge in [-0.3, -0.25) is 4.79 Å². The van der Waals surface area contributed by atoms with Crippen molar-refractivity contribution in [2.45, 2.75) is 18.9 Å². The molecule has 35 heavy (non-hydrogen) atoms. The second-order valence-corrected chi connectivity index (χ2v) is 8.77. The predicted molar refractivity (Wildman–Crippen MR) is 135 cm³/mol. The first-order chi connectivity index (χ1) is 17.2. The van der Waals surface area contributed by atoms with Crippen LogP contribution in [0.5, 0.6) is 11.5 Å². The van der Waals surface area contributed by atoms with E-state index < -0.39 is 0 Å². The number of fused-ring (bicyclic) bond motifs is 1. The number of ether oxygens (including phenoxy) is 3. The number of anilines is 2. The number of likely N-dealkylation sites (tertiary alicyclic amines) is 1. The lowest BCUT2D eigenvalue weighted by molar-refractivity contribution is 0.0718. The molecule has 0 atom stereocenters. The molecular weight excluding hydrogens is 446 g/mol. The summed E-state index contributed by atoms with van der Waals surface area (Å²) < 4.78 is 16.6. The van der Waals surface area contributed by atoms with Gasteiger partial charge >= 0.3 is 0 Å². The third-order valence-corrected chi connectivity index (χ3v) is 6.63. The summed E-state index contributed by atoms with van der Waals surface area (Å²) in [6.07, 6.45) is 1.68. The molecule has 2 aliphatic heterocycles. The van der Waals surface area contributed by atoms with Crippen molar-refractivity contribution < 1.29 is 19.0 Å². The molecule has 184 valence electrons. The topological polar surface area (TPSA) is 89.1 Å². The predicted octanol–water partition coefficient (Wildman–Crippen LogP) is 3.20. The Morgan fingerprint density at radius 1 is 0.971 bits per heavy atom. The number of piperidine rings is 1.